The number of allylic oxidation sites excluding steroid dienone is 1. The normalized spacial score (nSPS) is 10.9. The van der Waals surface area contributed by atoms with Crippen LogP contribution in [0.3, 0.4) is 0 Å². The Balaban J connectivity index is 1.92. The maximum atomic E-state index is 11.2. The van der Waals surface area contributed by atoms with E-state index in [9.17, 15) is 10.1 Å². The molecule has 0 aliphatic carbocycles. The number of nitrogens with zero attached hydrogens (tertiary/aromatic N) is 2. The molecule has 0 aliphatic heterocycles. The highest BCUT2D eigenvalue weighted by atomic mass is 16.6. The molecule has 0 radical (unpaired) electrons. The van der Waals surface area contributed by atoms with Crippen LogP contribution in [0.1, 0.15) is 28.1 Å². The molecule has 3 rings (SSSR count). The predicted molar refractivity (Wildman–Crippen MR) is 114 cm³/mol. The molecule has 0 spiro atoms. The topological polar surface area (TPSA) is 87.6 Å². The molecule has 0 aliphatic rings. The third kappa shape index (κ3) is 4.75. The second-order valence-electron chi connectivity index (χ2n) is 6.55. The van der Waals surface area contributed by atoms with E-state index in [4.69, 9.17) is 14.0 Å². The lowest BCUT2D eigenvalue weighted by atomic mass is 10.0. The first kappa shape index (κ1) is 20.9. The molecule has 0 saturated heterocycles. The Morgan fingerprint density at radius 1 is 1.23 bits per heavy atom. The van der Waals surface area contributed by atoms with Crippen LogP contribution in [-0.4, -0.2) is 17.2 Å². The van der Waals surface area contributed by atoms with E-state index in [1.54, 1.807) is 25.3 Å². The third-order valence-electron chi connectivity index (χ3n) is 4.43. The summed E-state index contributed by atoms with van der Waals surface area (Å²) < 4.78 is 16.7. The summed E-state index contributed by atoms with van der Waals surface area (Å²) in [7, 11) is 1.57. The molecule has 0 amide bonds. The van der Waals surface area contributed by atoms with Crippen LogP contribution in [-0.2, 0) is 13.0 Å². The van der Waals surface area contributed by atoms with Crippen LogP contribution in [0.25, 0.3) is 12.2 Å². The number of ether oxygens (including phenoxy) is 2. The number of rotatable bonds is 9. The van der Waals surface area contributed by atoms with E-state index in [0.717, 1.165) is 16.7 Å². The van der Waals surface area contributed by atoms with Crippen molar-refractivity contribution in [2.45, 2.75) is 20.0 Å². The largest absolute Gasteiger partial charge is 0.493 e. The SMILES string of the molecule is C=CCc1cc(/C=C/c2onc(C)c2[N+](=O)[O-])cc(OC)c1OCc1ccccc1. The van der Waals surface area contributed by atoms with Gasteiger partial charge in [0.05, 0.1) is 12.0 Å². The van der Waals surface area contributed by atoms with Gasteiger partial charge in [0.15, 0.2) is 17.2 Å². The molecule has 0 unspecified atom stereocenters. The molecule has 0 N–H and O–H groups in total. The second-order valence-corrected chi connectivity index (χ2v) is 6.55. The summed E-state index contributed by atoms with van der Waals surface area (Å²) in [6, 6.07) is 13.6. The first-order chi connectivity index (χ1) is 14.5. The number of hydrogen-bond donors (Lipinski definition) is 0. The fourth-order valence-corrected chi connectivity index (χ4v) is 3.02. The van der Waals surface area contributed by atoms with Crippen LogP contribution in [0.4, 0.5) is 5.69 Å². The van der Waals surface area contributed by atoms with Crippen LogP contribution in [0.2, 0.25) is 0 Å². The number of nitro groups is 1. The van der Waals surface area contributed by atoms with Crippen molar-refractivity contribution in [3.05, 3.63) is 93.4 Å². The van der Waals surface area contributed by atoms with Crippen LogP contribution >= 0.6 is 0 Å². The molecule has 7 heteroatoms. The Morgan fingerprint density at radius 2 is 2.00 bits per heavy atom. The van der Waals surface area contributed by atoms with Gasteiger partial charge >= 0.3 is 5.69 Å². The summed E-state index contributed by atoms with van der Waals surface area (Å²) in [5, 5.41) is 14.9. The van der Waals surface area contributed by atoms with Gasteiger partial charge in [0.2, 0.25) is 5.76 Å². The smallest absolute Gasteiger partial charge is 0.338 e. The molecule has 3 aromatic rings. The van der Waals surface area contributed by atoms with E-state index in [1.807, 2.05) is 36.4 Å². The lowest BCUT2D eigenvalue weighted by Gasteiger charge is -2.16. The van der Waals surface area contributed by atoms with Gasteiger partial charge in [-0.25, -0.2) is 0 Å². The molecule has 30 heavy (non-hydrogen) atoms. The molecule has 154 valence electrons. The molecule has 2 aromatic carbocycles. The number of hydrogen-bond acceptors (Lipinski definition) is 6. The molecule has 7 nitrogen and oxygen atoms in total. The van der Waals surface area contributed by atoms with Gasteiger partial charge < -0.3 is 14.0 Å². The summed E-state index contributed by atoms with van der Waals surface area (Å²) in [6.07, 6.45) is 5.59. The molecule has 1 heterocycles. The average Bonchev–Trinajstić information content (AvgIpc) is 3.12. The van der Waals surface area contributed by atoms with E-state index >= 15 is 0 Å². The van der Waals surface area contributed by atoms with Gasteiger partial charge in [-0.1, -0.05) is 47.6 Å². The van der Waals surface area contributed by atoms with Crippen molar-refractivity contribution in [1.82, 2.24) is 5.16 Å². The van der Waals surface area contributed by atoms with Crippen LogP contribution in [0, 0.1) is 17.0 Å². The van der Waals surface area contributed by atoms with Crippen LogP contribution in [0.15, 0.2) is 59.6 Å². The number of aromatic nitrogens is 1. The van der Waals surface area contributed by atoms with Gasteiger partial charge in [-0.2, -0.15) is 0 Å². The zero-order valence-corrected chi connectivity index (χ0v) is 16.8. The van der Waals surface area contributed by atoms with E-state index in [0.29, 0.717) is 24.5 Å². The first-order valence-electron chi connectivity index (χ1n) is 9.30. The standard InChI is InChI=1S/C23H22N2O5/c1-4-8-19-13-18(11-12-20-22(25(26)27)16(2)24-30-20)14-21(28-3)23(19)29-15-17-9-6-5-7-10-17/h4-7,9-14H,1,8,15H2,2-3H3/b12-11+. The van der Waals surface area contributed by atoms with Crippen molar-refractivity contribution in [1.29, 1.82) is 0 Å². The minimum absolute atomic E-state index is 0.0890. The molecule has 0 saturated carbocycles. The minimum Gasteiger partial charge on any atom is -0.493 e. The predicted octanol–water partition coefficient (Wildman–Crippen LogP) is 5.38. The van der Waals surface area contributed by atoms with Gasteiger partial charge in [0.25, 0.3) is 0 Å². The highest BCUT2D eigenvalue weighted by molar-refractivity contribution is 5.73. The lowest BCUT2D eigenvalue weighted by Crippen LogP contribution is -2.01. The maximum Gasteiger partial charge on any atom is 0.338 e. The monoisotopic (exact) mass is 406 g/mol. The van der Waals surface area contributed by atoms with Gasteiger partial charge in [-0.05, 0) is 42.7 Å². The van der Waals surface area contributed by atoms with Gasteiger partial charge in [0.1, 0.15) is 6.61 Å². The first-order valence-corrected chi connectivity index (χ1v) is 9.30. The quantitative estimate of drug-likeness (QED) is 0.269. The van der Waals surface area contributed by atoms with E-state index in [1.165, 1.54) is 13.0 Å². The van der Waals surface area contributed by atoms with Crippen LogP contribution in [0.5, 0.6) is 11.5 Å². The Bertz CT molecular complexity index is 1070. The zero-order chi connectivity index (χ0) is 21.5. The van der Waals surface area contributed by atoms with Crippen molar-refractivity contribution in [3.63, 3.8) is 0 Å². The van der Waals surface area contributed by atoms with Gasteiger partial charge in [-0.15, -0.1) is 6.58 Å². The number of benzene rings is 2. The maximum absolute atomic E-state index is 11.2. The second kappa shape index (κ2) is 9.56. The molecule has 0 atom stereocenters. The fraction of sp³-hybridized carbons (Fsp3) is 0.174. The molecule has 0 fully saturated rings. The van der Waals surface area contributed by atoms with E-state index in [-0.39, 0.29) is 17.1 Å². The highest BCUT2D eigenvalue weighted by Gasteiger charge is 2.22. The zero-order valence-electron chi connectivity index (χ0n) is 16.8. The molecule has 0 bridgehead atoms. The van der Waals surface area contributed by atoms with Crippen LogP contribution < -0.4 is 9.47 Å². The molecular formula is C23H22N2O5. The van der Waals surface area contributed by atoms with Crippen molar-refractivity contribution in [3.8, 4) is 11.5 Å². The van der Waals surface area contributed by atoms with Crippen molar-refractivity contribution >= 4 is 17.8 Å². The lowest BCUT2D eigenvalue weighted by molar-refractivity contribution is -0.386. The summed E-state index contributed by atoms with van der Waals surface area (Å²) in [4.78, 5) is 10.7. The Hall–Kier alpha value is -3.87. The number of methoxy groups -OCH3 is 1. The minimum atomic E-state index is -0.504. The summed E-state index contributed by atoms with van der Waals surface area (Å²) >= 11 is 0. The summed E-state index contributed by atoms with van der Waals surface area (Å²) in [5.41, 5.74) is 2.80. The van der Waals surface area contributed by atoms with Crippen molar-refractivity contribution in [2.24, 2.45) is 0 Å². The Morgan fingerprint density at radius 3 is 2.67 bits per heavy atom. The number of aryl methyl sites for hydroxylation is 1. The molecular weight excluding hydrogens is 384 g/mol. The Kier molecular flexibility index (Phi) is 6.64. The fourth-order valence-electron chi connectivity index (χ4n) is 3.02. The highest BCUT2D eigenvalue weighted by Crippen LogP contribution is 2.35. The average molecular weight is 406 g/mol. The Labute approximate surface area is 174 Å². The van der Waals surface area contributed by atoms with Gasteiger partial charge in [0, 0.05) is 5.56 Å². The summed E-state index contributed by atoms with van der Waals surface area (Å²) in [5.74, 6) is 1.29. The van der Waals surface area contributed by atoms with Crippen molar-refractivity contribution in [2.75, 3.05) is 7.11 Å². The van der Waals surface area contributed by atoms with Gasteiger partial charge in [-0.3, -0.25) is 10.1 Å². The van der Waals surface area contributed by atoms with E-state index in [2.05, 4.69) is 11.7 Å². The third-order valence-corrected chi connectivity index (χ3v) is 4.43. The van der Waals surface area contributed by atoms with Crippen molar-refractivity contribution < 1.29 is 18.9 Å². The molecule has 1 aromatic heterocycles. The summed E-state index contributed by atoms with van der Waals surface area (Å²) in [6.45, 7) is 5.75. The van der Waals surface area contributed by atoms with E-state index < -0.39 is 4.92 Å².